The maximum Gasteiger partial charge on any atom is 0.319 e. The Balaban J connectivity index is 2.42. The lowest BCUT2D eigenvalue weighted by atomic mass is 10.2. The molecule has 0 spiro atoms. The number of benzene rings is 1. The Morgan fingerprint density at radius 1 is 1.31 bits per heavy atom. The average Bonchev–Trinajstić information content (AvgIpc) is 2.53. The third-order valence-electron chi connectivity index (χ3n) is 1.97. The molecule has 1 aromatic carbocycles. The first-order valence-corrected chi connectivity index (χ1v) is 7.53. The van der Waals surface area contributed by atoms with E-state index in [1.807, 2.05) is 0 Å². The average molecular weight is 310 g/mol. The highest BCUT2D eigenvalue weighted by Gasteiger charge is 2.06. The molecule has 0 fully saturated rings. The SMILES string of the molecule is O=c1ssc(=S)n1Cc1ccc(Cl)cc1Cl. The standard InChI is InChI=1S/C9H5Cl2NOS3/c10-6-2-1-5(7(11)3-6)4-12-8(13)15-16-9(12)14/h1-3H,4H2. The molecular formula is C9H5Cl2NOS3. The molecule has 84 valence electrons. The zero-order valence-electron chi connectivity index (χ0n) is 7.78. The fourth-order valence-corrected chi connectivity index (χ4v) is 3.82. The van der Waals surface area contributed by atoms with Crippen LogP contribution in [0.3, 0.4) is 0 Å². The van der Waals surface area contributed by atoms with E-state index in [0.29, 0.717) is 20.5 Å². The first kappa shape index (κ1) is 12.3. The Morgan fingerprint density at radius 2 is 2.06 bits per heavy atom. The Labute approximate surface area is 114 Å². The van der Waals surface area contributed by atoms with Crippen LogP contribution in [-0.2, 0) is 6.54 Å². The number of hydrogen-bond acceptors (Lipinski definition) is 4. The van der Waals surface area contributed by atoms with Gasteiger partial charge in [0.2, 0.25) is 0 Å². The molecular weight excluding hydrogens is 305 g/mol. The highest BCUT2D eigenvalue weighted by Crippen LogP contribution is 2.22. The van der Waals surface area contributed by atoms with Gasteiger partial charge in [0.1, 0.15) is 0 Å². The minimum atomic E-state index is -0.0546. The summed E-state index contributed by atoms with van der Waals surface area (Å²) in [6.45, 7) is 0.396. The van der Waals surface area contributed by atoms with E-state index in [2.05, 4.69) is 0 Å². The zero-order chi connectivity index (χ0) is 11.7. The van der Waals surface area contributed by atoms with Gasteiger partial charge in [-0.2, -0.15) is 0 Å². The van der Waals surface area contributed by atoms with Gasteiger partial charge >= 0.3 is 4.87 Å². The van der Waals surface area contributed by atoms with Gasteiger partial charge in [-0.3, -0.25) is 9.36 Å². The van der Waals surface area contributed by atoms with Gasteiger partial charge in [-0.15, -0.1) is 0 Å². The monoisotopic (exact) mass is 309 g/mol. The largest absolute Gasteiger partial charge is 0.319 e. The molecule has 7 heteroatoms. The molecule has 0 unspecified atom stereocenters. The van der Waals surface area contributed by atoms with E-state index in [1.165, 1.54) is 14.9 Å². The van der Waals surface area contributed by atoms with Crippen molar-refractivity contribution in [2.75, 3.05) is 0 Å². The maximum atomic E-state index is 11.5. The van der Waals surface area contributed by atoms with Gasteiger partial charge < -0.3 is 0 Å². The lowest BCUT2D eigenvalue weighted by Gasteiger charge is -2.04. The lowest BCUT2D eigenvalue weighted by Crippen LogP contribution is -2.13. The van der Waals surface area contributed by atoms with Gasteiger partial charge in [0, 0.05) is 10.0 Å². The summed E-state index contributed by atoms with van der Waals surface area (Å²) < 4.78 is 2.10. The molecule has 0 saturated heterocycles. The van der Waals surface area contributed by atoms with Crippen LogP contribution in [0.2, 0.25) is 10.0 Å². The molecule has 2 rings (SSSR count). The van der Waals surface area contributed by atoms with E-state index in [0.717, 1.165) is 15.9 Å². The van der Waals surface area contributed by atoms with Crippen molar-refractivity contribution in [3.8, 4) is 0 Å². The third-order valence-corrected chi connectivity index (χ3v) is 5.30. The van der Waals surface area contributed by atoms with Crippen molar-refractivity contribution < 1.29 is 0 Å². The first-order chi connectivity index (χ1) is 7.58. The van der Waals surface area contributed by atoms with Gasteiger partial charge in [-0.1, -0.05) is 29.3 Å². The molecule has 0 saturated carbocycles. The number of rotatable bonds is 2. The van der Waals surface area contributed by atoms with Gasteiger partial charge in [0.25, 0.3) is 0 Å². The molecule has 0 aliphatic rings. The van der Waals surface area contributed by atoms with Crippen LogP contribution in [0.1, 0.15) is 5.56 Å². The van der Waals surface area contributed by atoms with Gasteiger partial charge in [0.05, 0.1) is 6.54 Å². The molecule has 0 amide bonds. The summed E-state index contributed by atoms with van der Waals surface area (Å²) in [6, 6.07) is 5.20. The minimum absolute atomic E-state index is 0.0546. The molecule has 16 heavy (non-hydrogen) atoms. The predicted molar refractivity (Wildman–Crippen MR) is 72.9 cm³/mol. The Hall–Kier alpha value is -0.200. The summed E-state index contributed by atoms with van der Waals surface area (Å²) in [5, 5.41) is 1.12. The number of nitrogens with zero attached hydrogens (tertiary/aromatic N) is 1. The molecule has 0 radical (unpaired) electrons. The van der Waals surface area contributed by atoms with Crippen molar-refractivity contribution in [1.29, 1.82) is 0 Å². The second-order valence-electron chi connectivity index (χ2n) is 3.02. The number of hydrogen-bond donors (Lipinski definition) is 0. The van der Waals surface area contributed by atoms with Crippen LogP contribution in [0, 0.1) is 3.95 Å². The van der Waals surface area contributed by atoms with Gasteiger partial charge in [0.15, 0.2) is 3.95 Å². The van der Waals surface area contributed by atoms with E-state index in [-0.39, 0.29) is 4.87 Å². The van der Waals surface area contributed by atoms with Gasteiger partial charge in [-0.05, 0) is 50.6 Å². The normalized spacial score (nSPS) is 10.6. The number of aromatic nitrogens is 1. The van der Waals surface area contributed by atoms with E-state index in [1.54, 1.807) is 18.2 Å². The summed E-state index contributed by atoms with van der Waals surface area (Å²) in [5.41, 5.74) is 0.838. The van der Waals surface area contributed by atoms with Crippen LogP contribution in [0.4, 0.5) is 0 Å². The molecule has 0 aliphatic carbocycles. The zero-order valence-corrected chi connectivity index (χ0v) is 11.7. The quantitative estimate of drug-likeness (QED) is 0.616. The smallest absolute Gasteiger partial charge is 0.276 e. The van der Waals surface area contributed by atoms with Crippen LogP contribution >= 0.6 is 56.1 Å². The maximum absolute atomic E-state index is 11.5. The van der Waals surface area contributed by atoms with E-state index >= 15 is 0 Å². The molecule has 2 nitrogen and oxygen atoms in total. The van der Waals surface area contributed by atoms with Crippen LogP contribution < -0.4 is 4.87 Å². The van der Waals surface area contributed by atoms with Crippen molar-refractivity contribution in [1.82, 2.24) is 4.57 Å². The Kier molecular flexibility index (Phi) is 3.81. The minimum Gasteiger partial charge on any atom is -0.276 e. The second-order valence-corrected chi connectivity index (χ2v) is 6.58. The summed E-state index contributed by atoms with van der Waals surface area (Å²) in [6.07, 6.45) is 0. The molecule has 0 atom stereocenters. The summed E-state index contributed by atoms with van der Waals surface area (Å²) in [7, 11) is 2.43. The fraction of sp³-hybridized carbons (Fsp3) is 0.111. The Morgan fingerprint density at radius 3 is 2.62 bits per heavy atom. The highest BCUT2D eigenvalue weighted by molar-refractivity contribution is 7.79. The number of halogens is 2. The molecule has 0 bridgehead atoms. The van der Waals surface area contributed by atoms with Crippen LogP contribution in [0.15, 0.2) is 23.0 Å². The summed E-state index contributed by atoms with van der Waals surface area (Å²) >= 11 is 16.9. The third kappa shape index (κ3) is 2.55. The van der Waals surface area contributed by atoms with Crippen LogP contribution in [-0.4, -0.2) is 4.57 Å². The summed E-state index contributed by atoms with van der Waals surface area (Å²) in [4.78, 5) is 11.4. The van der Waals surface area contributed by atoms with E-state index in [9.17, 15) is 4.79 Å². The Bertz CT molecular complexity index is 601. The lowest BCUT2D eigenvalue weighted by molar-refractivity contribution is 0.780. The topological polar surface area (TPSA) is 22.0 Å². The summed E-state index contributed by atoms with van der Waals surface area (Å²) in [5.74, 6) is 0. The first-order valence-electron chi connectivity index (χ1n) is 4.22. The predicted octanol–water partition coefficient (Wildman–Crippen LogP) is 4.06. The van der Waals surface area contributed by atoms with Crippen molar-refractivity contribution in [2.24, 2.45) is 0 Å². The second kappa shape index (κ2) is 4.98. The molecule has 0 aliphatic heterocycles. The van der Waals surface area contributed by atoms with Crippen LogP contribution in [0.5, 0.6) is 0 Å². The highest BCUT2D eigenvalue weighted by atomic mass is 35.5. The van der Waals surface area contributed by atoms with E-state index < -0.39 is 0 Å². The fourth-order valence-electron chi connectivity index (χ4n) is 1.19. The van der Waals surface area contributed by atoms with Crippen molar-refractivity contribution in [3.05, 3.63) is 47.4 Å². The molecule has 0 N–H and O–H groups in total. The van der Waals surface area contributed by atoms with Crippen LogP contribution in [0.25, 0.3) is 0 Å². The molecule has 2 aromatic rings. The van der Waals surface area contributed by atoms with Crippen molar-refractivity contribution in [3.63, 3.8) is 0 Å². The van der Waals surface area contributed by atoms with Crippen molar-refractivity contribution >= 4 is 56.1 Å². The van der Waals surface area contributed by atoms with Crippen molar-refractivity contribution in [2.45, 2.75) is 6.54 Å². The van der Waals surface area contributed by atoms with Gasteiger partial charge in [-0.25, -0.2) is 0 Å². The molecule has 1 heterocycles. The molecule has 1 aromatic heterocycles. The van der Waals surface area contributed by atoms with E-state index in [4.69, 9.17) is 35.4 Å².